The topological polar surface area (TPSA) is 84.5 Å². The molecule has 0 saturated heterocycles. The summed E-state index contributed by atoms with van der Waals surface area (Å²) in [6, 6.07) is 3.50. The van der Waals surface area contributed by atoms with Crippen LogP contribution in [-0.2, 0) is 14.8 Å². The highest BCUT2D eigenvalue weighted by molar-refractivity contribution is 9.10. The van der Waals surface area contributed by atoms with Crippen LogP contribution >= 0.6 is 15.9 Å². The number of hydrogen-bond acceptors (Lipinski definition) is 4. The molecule has 1 atom stereocenters. The molecule has 0 heterocycles. The number of methoxy groups -OCH3 is 1. The lowest BCUT2D eigenvalue weighted by Crippen LogP contribution is -2.43. The first-order valence-electron chi connectivity index (χ1n) is 5.39. The second-order valence-electron chi connectivity index (χ2n) is 3.75. The zero-order valence-electron chi connectivity index (χ0n) is 10.7. The highest BCUT2D eigenvalue weighted by atomic mass is 79.9. The molecule has 0 spiro atoms. The van der Waals surface area contributed by atoms with Gasteiger partial charge in [0.05, 0.1) is 22.5 Å². The van der Waals surface area contributed by atoms with E-state index in [1.807, 2.05) is 0 Å². The normalized spacial score (nSPS) is 12.8. The molecule has 1 amide bonds. The lowest BCUT2D eigenvalue weighted by atomic mass is 10.3. The third-order valence-corrected chi connectivity index (χ3v) is 4.56. The number of rotatable bonds is 5. The summed E-state index contributed by atoms with van der Waals surface area (Å²) in [7, 11) is -0.831. The van der Waals surface area contributed by atoms with Gasteiger partial charge in [-0.05, 0) is 41.1 Å². The van der Waals surface area contributed by atoms with Crippen LogP contribution in [0.3, 0.4) is 0 Å². The van der Waals surface area contributed by atoms with Crippen LogP contribution in [0, 0.1) is 0 Å². The van der Waals surface area contributed by atoms with E-state index in [4.69, 9.17) is 4.74 Å². The minimum atomic E-state index is -3.76. The van der Waals surface area contributed by atoms with Gasteiger partial charge >= 0.3 is 0 Å². The standard InChI is InChI=1S/C11H15BrN2O4S/c1-7(11(15)13-2)14-19(16,17)8-4-5-10(18-3)9(12)6-8/h4-7,14H,1-3H3,(H,13,15). The van der Waals surface area contributed by atoms with Crippen molar-refractivity contribution in [3.8, 4) is 5.75 Å². The number of amides is 1. The molecule has 6 nitrogen and oxygen atoms in total. The molecule has 1 unspecified atom stereocenters. The van der Waals surface area contributed by atoms with Crippen molar-refractivity contribution >= 4 is 31.9 Å². The van der Waals surface area contributed by atoms with Crippen LogP contribution in [0.4, 0.5) is 0 Å². The van der Waals surface area contributed by atoms with Gasteiger partial charge in [0.15, 0.2) is 0 Å². The van der Waals surface area contributed by atoms with E-state index in [0.29, 0.717) is 10.2 Å². The molecule has 0 radical (unpaired) electrons. The van der Waals surface area contributed by atoms with E-state index < -0.39 is 22.0 Å². The number of likely N-dealkylation sites (N-methyl/N-ethyl adjacent to an activating group) is 1. The van der Waals surface area contributed by atoms with Crippen LogP contribution in [0.15, 0.2) is 27.6 Å². The number of carbonyl (C=O) groups excluding carboxylic acids is 1. The molecule has 0 aliphatic rings. The van der Waals surface area contributed by atoms with E-state index in [-0.39, 0.29) is 4.90 Å². The first-order valence-corrected chi connectivity index (χ1v) is 7.67. The van der Waals surface area contributed by atoms with Gasteiger partial charge in [0.2, 0.25) is 15.9 Å². The van der Waals surface area contributed by atoms with Crippen molar-refractivity contribution in [3.05, 3.63) is 22.7 Å². The Morgan fingerprint density at radius 1 is 1.42 bits per heavy atom. The van der Waals surface area contributed by atoms with E-state index in [1.165, 1.54) is 39.3 Å². The fourth-order valence-corrected chi connectivity index (χ4v) is 3.31. The second-order valence-corrected chi connectivity index (χ2v) is 6.32. The Morgan fingerprint density at radius 3 is 2.53 bits per heavy atom. The van der Waals surface area contributed by atoms with Crippen LogP contribution < -0.4 is 14.8 Å². The number of carbonyl (C=O) groups is 1. The van der Waals surface area contributed by atoms with E-state index in [1.54, 1.807) is 0 Å². The van der Waals surface area contributed by atoms with Gasteiger partial charge < -0.3 is 10.1 Å². The first-order chi connectivity index (χ1) is 8.81. The number of halogens is 1. The third-order valence-electron chi connectivity index (χ3n) is 2.41. The third kappa shape index (κ3) is 3.92. The van der Waals surface area contributed by atoms with Crippen molar-refractivity contribution in [2.75, 3.05) is 14.2 Å². The van der Waals surface area contributed by atoms with Crippen molar-refractivity contribution < 1.29 is 17.9 Å². The second kappa shape index (κ2) is 6.36. The summed E-state index contributed by atoms with van der Waals surface area (Å²) in [5.41, 5.74) is 0. The molecule has 0 aliphatic heterocycles. The van der Waals surface area contributed by atoms with Crippen LogP contribution in [-0.4, -0.2) is 34.5 Å². The van der Waals surface area contributed by atoms with E-state index in [2.05, 4.69) is 26.0 Å². The highest BCUT2D eigenvalue weighted by Gasteiger charge is 2.22. The number of hydrogen-bond donors (Lipinski definition) is 2. The monoisotopic (exact) mass is 350 g/mol. The smallest absolute Gasteiger partial charge is 0.241 e. The Kier molecular flexibility index (Phi) is 5.33. The van der Waals surface area contributed by atoms with Gasteiger partial charge in [-0.25, -0.2) is 8.42 Å². The molecule has 0 saturated carbocycles. The average Bonchev–Trinajstić information content (AvgIpc) is 2.37. The van der Waals surface area contributed by atoms with Crippen LogP contribution in [0.25, 0.3) is 0 Å². The summed E-state index contributed by atoms with van der Waals surface area (Å²) in [5, 5.41) is 2.37. The Balaban J connectivity index is 3.01. The predicted molar refractivity (Wildman–Crippen MR) is 74.5 cm³/mol. The molecule has 2 N–H and O–H groups in total. The Bertz CT molecular complexity index is 574. The summed E-state index contributed by atoms with van der Waals surface area (Å²) in [5.74, 6) is 0.120. The lowest BCUT2D eigenvalue weighted by Gasteiger charge is -2.13. The van der Waals surface area contributed by atoms with Crippen molar-refractivity contribution in [3.63, 3.8) is 0 Å². The number of sulfonamides is 1. The van der Waals surface area contributed by atoms with Gasteiger partial charge in [-0.15, -0.1) is 0 Å². The predicted octanol–water partition coefficient (Wildman–Crippen LogP) is 0.870. The van der Waals surface area contributed by atoms with Crippen molar-refractivity contribution in [2.45, 2.75) is 17.9 Å². The average molecular weight is 351 g/mol. The first kappa shape index (κ1) is 15.9. The number of ether oxygens (including phenoxy) is 1. The van der Waals surface area contributed by atoms with Crippen molar-refractivity contribution in [1.82, 2.24) is 10.0 Å². The fraction of sp³-hybridized carbons (Fsp3) is 0.364. The molecule has 0 bridgehead atoms. The van der Waals surface area contributed by atoms with Crippen LogP contribution in [0.2, 0.25) is 0 Å². The van der Waals surface area contributed by atoms with Crippen molar-refractivity contribution in [1.29, 1.82) is 0 Å². The van der Waals surface area contributed by atoms with Gasteiger partial charge in [0.1, 0.15) is 5.75 Å². The summed E-state index contributed by atoms with van der Waals surface area (Å²) >= 11 is 3.21. The Hall–Kier alpha value is -1.12. The molecule has 1 aromatic rings. The Labute approximate surface area is 120 Å². The van der Waals surface area contributed by atoms with Crippen LogP contribution in [0.1, 0.15) is 6.92 Å². The molecular weight excluding hydrogens is 336 g/mol. The SMILES string of the molecule is CNC(=O)C(C)NS(=O)(=O)c1ccc(OC)c(Br)c1. The number of benzene rings is 1. The summed E-state index contributed by atoms with van der Waals surface area (Å²) in [6.07, 6.45) is 0. The van der Waals surface area contributed by atoms with E-state index in [9.17, 15) is 13.2 Å². The molecule has 1 aromatic carbocycles. The Morgan fingerprint density at radius 2 is 2.05 bits per heavy atom. The molecule has 0 fully saturated rings. The van der Waals surface area contributed by atoms with Gasteiger partial charge in [0.25, 0.3) is 0 Å². The van der Waals surface area contributed by atoms with Gasteiger partial charge in [-0.2, -0.15) is 4.72 Å². The molecule has 8 heteroatoms. The number of nitrogens with one attached hydrogen (secondary N) is 2. The van der Waals surface area contributed by atoms with E-state index in [0.717, 1.165) is 0 Å². The zero-order valence-corrected chi connectivity index (χ0v) is 13.1. The molecule has 1 rings (SSSR count). The largest absolute Gasteiger partial charge is 0.496 e. The molecular formula is C11H15BrN2O4S. The highest BCUT2D eigenvalue weighted by Crippen LogP contribution is 2.27. The minimum absolute atomic E-state index is 0.0518. The quantitative estimate of drug-likeness (QED) is 0.825. The van der Waals surface area contributed by atoms with Gasteiger partial charge in [-0.3, -0.25) is 4.79 Å². The summed E-state index contributed by atoms with van der Waals surface area (Å²) in [6.45, 7) is 1.47. The summed E-state index contributed by atoms with van der Waals surface area (Å²) < 4.78 is 32.0. The van der Waals surface area contributed by atoms with E-state index >= 15 is 0 Å². The maximum absolute atomic E-state index is 12.1. The maximum atomic E-state index is 12.1. The molecule has 19 heavy (non-hydrogen) atoms. The summed E-state index contributed by atoms with van der Waals surface area (Å²) in [4.78, 5) is 11.4. The molecule has 0 aromatic heterocycles. The fourth-order valence-electron chi connectivity index (χ4n) is 1.39. The van der Waals surface area contributed by atoms with Crippen molar-refractivity contribution in [2.24, 2.45) is 0 Å². The molecule has 106 valence electrons. The maximum Gasteiger partial charge on any atom is 0.241 e. The van der Waals surface area contributed by atoms with Gasteiger partial charge in [-0.1, -0.05) is 0 Å². The van der Waals surface area contributed by atoms with Gasteiger partial charge in [0, 0.05) is 7.05 Å². The minimum Gasteiger partial charge on any atom is -0.496 e. The van der Waals surface area contributed by atoms with Crippen LogP contribution in [0.5, 0.6) is 5.75 Å². The lowest BCUT2D eigenvalue weighted by molar-refractivity contribution is -0.121. The molecule has 0 aliphatic carbocycles. The zero-order chi connectivity index (χ0) is 14.6.